The van der Waals surface area contributed by atoms with Gasteiger partial charge in [0.05, 0.1) is 0 Å². The molecule has 0 spiro atoms. The molecule has 0 heterocycles. The minimum Gasteiger partial charge on any atom is -0.504 e. The standard InChI is InChI=1S/C39H56O4/c1-34(2)19-20-36(5)21-22-38(7)26(27(36)24-34)11-13-31-37(6)17-16-32(35(3,4)30(37)15-18-39(31,38)8)43-33(42)14-10-25-9-12-28(40)29(41)23-25/h9-10,12,14,23-24,26,30-32,40-41H,11,13,15-22H2,1-8H3. The van der Waals surface area contributed by atoms with Gasteiger partial charge < -0.3 is 14.9 Å². The van der Waals surface area contributed by atoms with Crippen LogP contribution in [0.1, 0.15) is 125 Å². The van der Waals surface area contributed by atoms with Crippen LogP contribution in [0.4, 0.5) is 0 Å². The van der Waals surface area contributed by atoms with E-state index in [9.17, 15) is 15.0 Å². The van der Waals surface area contributed by atoms with E-state index in [1.807, 2.05) is 5.57 Å². The molecule has 4 nitrogen and oxygen atoms in total. The number of esters is 1. The van der Waals surface area contributed by atoms with E-state index in [2.05, 4.69) is 61.5 Å². The molecule has 43 heavy (non-hydrogen) atoms. The van der Waals surface area contributed by atoms with Gasteiger partial charge in [-0.15, -0.1) is 0 Å². The highest BCUT2D eigenvalue weighted by Crippen LogP contribution is 2.76. The zero-order valence-corrected chi connectivity index (χ0v) is 28.1. The fourth-order valence-corrected chi connectivity index (χ4v) is 11.8. The van der Waals surface area contributed by atoms with Gasteiger partial charge in [0.15, 0.2) is 11.5 Å². The Bertz CT molecular complexity index is 1350. The number of fused-ring (bicyclic) bond motifs is 7. The van der Waals surface area contributed by atoms with Crippen LogP contribution in [0.2, 0.25) is 0 Å². The highest BCUT2D eigenvalue weighted by Gasteiger charge is 2.69. The van der Waals surface area contributed by atoms with E-state index >= 15 is 0 Å². The lowest BCUT2D eigenvalue weighted by Gasteiger charge is -2.72. The second kappa shape index (κ2) is 9.88. The van der Waals surface area contributed by atoms with Crippen molar-refractivity contribution < 1.29 is 19.7 Å². The van der Waals surface area contributed by atoms with Crippen molar-refractivity contribution >= 4 is 12.0 Å². The molecule has 0 amide bonds. The molecule has 1 aromatic rings. The third-order valence-electron chi connectivity index (χ3n) is 14.6. The van der Waals surface area contributed by atoms with E-state index in [1.54, 1.807) is 12.1 Å². The quantitative estimate of drug-likeness (QED) is 0.160. The monoisotopic (exact) mass is 588 g/mol. The summed E-state index contributed by atoms with van der Waals surface area (Å²) in [6.45, 7) is 20.2. The van der Waals surface area contributed by atoms with Crippen LogP contribution in [0.25, 0.3) is 6.08 Å². The maximum atomic E-state index is 13.0. The Morgan fingerprint density at radius 2 is 1.51 bits per heavy atom. The molecule has 4 fully saturated rings. The van der Waals surface area contributed by atoms with Gasteiger partial charge in [-0.2, -0.15) is 0 Å². The molecule has 236 valence electrons. The van der Waals surface area contributed by atoms with Gasteiger partial charge in [0.25, 0.3) is 0 Å². The van der Waals surface area contributed by atoms with Crippen LogP contribution >= 0.6 is 0 Å². The highest BCUT2D eigenvalue weighted by molar-refractivity contribution is 5.87. The molecule has 6 rings (SSSR count). The number of benzene rings is 1. The summed E-state index contributed by atoms with van der Waals surface area (Å²) in [7, 11) is 0. The van der Waals surface area contributed by atoms with Crippen molar-refractivity contribution in [3.05, 3.63) is 41.5 Å². The second-order valence-corrected chi connectivity index (χ2v) is 17.6. The van der Waals surface area contributed by atoms with Crippen molar-refractivity contribution in [1.29, 1.82) is 0 Å². The maximum Gasteiger partial charge on any atom is 0.331 e. The largest absolute Gasteiger partial charge is 0.504 e. The number of phenolic OH excluding ortho intramolecular Hbond substituents is 2. The van der Waals surface area contributed by atoms with Crippen molar-refractivity contribution in [2.45, 2.75) is 126 Å². The third kappa shape index (κ3) is 4.62. The van der Waals surface area contributed by atoms with Gasteiger partial charge in [0.2, 0.25) is 0 Å². The normalized spacial score (nSPS) is 43.0. The lowest BCUT2D eigenvalue weighted by molar-refractivity contribution is -0.232. The van der Waals surface area contributed by atoms with Crippen LogP contribution in [0.5, 0.6) is 11.5 Å². The molecule has 0 aromatic heterocycles. The van der Waals surface area contributed by atoms with Crippen LogP contribution in [-0.2, 0) is 9.53 Å². The number of carbonyl (C=O) groups is 1. The van der Waals surface area contributed by atoms with E-state index in [0.717, 1.165) is 12.8 Å². The Morgan fingerprint density at radius 1 is 0.791 bits per heavy atom. The van der Waals surface area contributed by atoms with Crippen molar-refractivity contribution in [2.75, 3.05) is 0 Å². The Morgan fingerprint density at radius 3 is 2.23 bits per heavy atom. The number of allylic oxidation sites excluding steroid dienone is 2. The van der Waals surface area contributed by atoms with Gasteiger partial charge >= 0.3 is 5.97 Å². The molecule has 4 saturated carbocycles. The predicted octanol–water partition coefficient (Wildman–Crippen LogP) is 9.84. The number of phenols is 2. The number of hydrogen-bond donors (Lipinski definition) is 2. The fourth-order valence-electron chi connectivity index (χ4n) is 11.8. The molecule has 8 unspecified atom stereocenters. The zero-order chi connectivity index (χ0) is 31.2. The van der Waals surface area contributed by atoms with E-state index in [-0.39, 0.29) is 34.4 Å². The minimum atomic E-state index is -0.336. The zero-order valence-electron chi connectivity index (χ0n) is 28.1. The molecule has 0 radical (unpaired) electrons. The summed E-state index contributed by atoms with van der Waals surface area (Å²) in [5.41, 5.74) is 3.97. The Labute approximate surface area is 260 Å². The average Bonchev–Trinajstić information content (AvgIpc) is 2.92. The summed E-state index contributed by atoms with van der Waals surface area (Å²) in [4.78, 5) is 13.0. The van der Waals surface area contributed by atoms with Crippen LogP contribution in [0, 0.1) is 50.2 Å². The summed E-state index contributed by atoms with van der Waals surface area (Å²) in [5, 5.41) is 19.4. The topological polar surface area (TPSA) is 66.8 Å². The number of aromatic hydroxyl groups is 2. The molecule has 2 N–H and O–H groups in total. The first-order valence-electron chi connectivity index (χ1n) is 17.1. The van der Waals surface area contributed by atoms with Crippen molar-refractivity contribution in [2.24, 2.45) is 50.2 Å². The molecule has 0 bridgehead atoms. The van der Waals surface area contributed by atoms with E-state index in [4.69, 9.17) is 4.74 Å². The van der Waals surface area contributed by atoms with Gasteiger partial charge in [0, 0.05) is 11.5 Å². The Kier molecular flexibility index (Phi) is 7.08. The first-order valence-corrected chi connectivity index (χ1v) is 17.1. The molecule has 1 aromatic carbocycles. The molecule has 5 aliphatic rings. The third-order valence-corrected chi connectivity index (χ3v) is 14.6. The van der Waals surface area contributed by atoms with Crippen LogP contribution in [-0.4, -0.2) is 22.3 Å². The van der Waals surface area contributed by atoms with Crippen molar-refractivity contribution in [3.63, 3.8) is 0 Å². The summed E-state index contributed by atoms with van der Waals surface area (Å²) < 4.78 is 6.19. The van der Waals surface area contributed by atoms with E-state index < -0.39 is 0 Å². The first kappa shape index (κ1) is 30.8. The molecule has 8 atom stereocenters. The molecule has 0 aliphatic heterocycles. The van der Waals surface area contributed by atoms with Crippen LogP contribution < -0.4 is 0 Å². The molecular weight excluding hydrogens is 532 g/mol. The Balaban J connectivity index is 1.22. The molecule has 5 aliphatic carbocycles. The van der Waals surface area contributed by atoms with Crippen LogP contribution in [0.3, 0.4) is 0 Å². The number of carbonyl (C=O) groups excluding carboxylic acids is 1. The summed E-state index contributed by atoms with van der Waals surface area (Å²) in [6, 6.07) is 4.54. The first-order chi connectivity index (χ1) is 20.0. The highest BCUT2D eigenvalue weighted by atomic mass is 16.5. The smallest absolute Gasteiger partial charge is 0.331 e. The van der Waals surface area contributed by atoms with Crippen molar-refractivity contribution in [3.8, 4) is 11.5 Å². The van der Waals surface area contributed by atoms with Gasteiger partial charge in [-0.1, -0.05) is 73.1 Å². The van der Waals surface area contributed by atoms with Gasteiger partial charge in [-0.3, -0.25) is 0 Å². The molecule has 0 saturated heterocycles. The summed E-state index contributed by atoms with van der Waals surface area (Å²) in [5.74, 6) is 1.22. The minimum absolute atomic E-state index is 0.104. The van der Waals surface area contributed by atoms with Gasteiger partial charge in [0.1, 0.15) is 6.10 Å². The molecule has 4 heteroatoms. The summed E-state index contributed by atoms with van der Waals surface area (Å²) in [6.07, 6.45) is 18.2. The van der Waals surface area contributed by atoms with Gasteiger partial charge in [-0.25, -0.2) is 4.79 Å². The predicted molar refractivity (Wildman–Crippen MR) is 173 cm³/mol. The number of ether oxygens (including phenoxy) is 1. The molecular formula is C39H56O4. The summed E-state index contributed by atoms with van der Waals surface area (Å²) >= 11 is 0. The van der Waals surface area contributed by atoms with Crippen molar-refractivity contribution in [1.82, 2.24) is 0 Å². The second-order valence-electron chi connectivity index (χ2n) is 17.6. The fraction of sp³-hybridized carbons (Fsp3) is 0.718. The number of rotatable bonds is 3. The van der Waals surface area contributed by atoms with Gasteiger partial charge in [-0.05, 0) is 133 Å². The lowest BCUT2D eigenvalue weighted by Crippen LogP contribution is -2.66. The Hall–Kier alpha value is -2.23. The van der Waals surface area contributed by atoms with Crippen LogP contribution in [0.15, 0.2) is 35.9 Å². The SMILES string of the molecule is CC1(C)C=C2C3CCC4C5(C)CCC(OC(=O)C=Cc6ccc(O)c(O)c6)C(C)(C)C5CCC4(C)C3(C)CCC2(C)CC1. The van der Waals surface area contributed by atoms with E-state index in [0.29, 0.717) is 45.0 Å². The maximum absolute atomic E-state index is 13.0. The number of hydrogen-bond acceptors (Lipinski definition) is 4. The lowest BCUT2D eigenvalue weighted by atomic mass is 9.32. The van der Waals surface area contributed by atoms with E-state index in [1.165, 1.54) is 69.6 Å². The average molecular weight is 589 g/mol.